The molecule has 2 aromatic carbocycles. The molecule has 2 rings (SSSR count). The second-order valence-electron chi connectivity index (χ2n) is 4.53. The van der Waals surface area contributed by atoms with E-state index in [4.69, 9.17) is 10.5 Å². The number of carbonyl (C=O) groups excluding carboxylic acids is 1. The number of ether oxygens (including phenoxy) is 1. The number of urea groups is 1. The first-order valence-electron chi connectivity index (χ1n) is 6.51. The summed E-state index contributed by atoms with van der Waals surface area (Å²) in [5.74, 6) is 0.818. The van der Waals surface area contributed by atoms with E-state index in [1.165, 1.54) is 6.21 Å². The average Bonchev–Trinajstić information content (AvgIpc) is 2.47. The SMILES string of the molecule is Cc1cc(C=NNC(N)=O)ccc1OCc1ccccc1. The molecular formula is C16H17N3O2. The Morgan fingerprint density at radius 2 is 2.05 bits per heavy atom. The van der Waals surface area contributed by atoms with Crippen molar-refractivity contribution in [3.05, 3.63) is 65.2 Å². The molecule has 0 unspecified atom stereocenters. The summed E-state index contributed by atoms with van der Waals surface area (Å²) >= 11 is 0. The fraction of sp³-hybridized carbons (Fsp3) is 0.125. The van der Waals surface area contributed by atoms with Crippen LogP contribution in [-0.2, 0) is 6.61 Å². The van der Waals surface area contributed by atoms with E-state index in [-0.39, 0.29) is 0 Å². The third kappa shape index (κ3) is 4.65. The lowest BCUT2D eigenvalue weighted by Gasteiger charge is -2.09. The third-order valence-electron chi connectivity index (χ3n) is 2.82. The van der Waals surface area contributed by atoms with Crippen LogP contribution < -0.4 is 15.9 Å². The van der Waals surface area contributed by atoms with E-state index in [1.807, 2.05) is 55.5 Å². The summed E-state index contributed by atoms with van der Waals surface area (Å²) in [6, 6.07) is 15.0. The number of nitrogens with two attached hydrogens (primary N) is 1. The number of nitrogens with zero attached hydrogens (tertiary/aromatic N) is 1. The molecule has 0 fully saturated rings. The second kappa shape index (κ2) is 7.09. The molecule has 0 bridgehead atoms. The van der Waals surface area contributed by atoms with E-state index < -0.39 is 6.03 Å². The molecule has 0 atom stereocenters. The Kier molecular flexibility index (Phi) is 4.93. The number of benzene rings is 2. The molecule has 0 spiro atoms. The topological polar surface area (TPSA) is 76.7 Å². The highest BCUT2D eigenvalue weighted by Crippen LogP contribution is 2.19. The lowest BCUT2D eigenvalue weighted by Crippen LogP contribution is -2.24. The van der Waals surface area contributed by atoms with Gasteiger partial charge < -0.3 is 10.5 Å². The van der Waals surface area contributed by atoms with E-state index in [0.29, 0.717) is 6.61 Å². The van der Waals surface area contributed by atoms with Gasteiger partial charge in [0, 0.05) is 0 Å². The Morgan fingerprint density at radius 1 is 1.29 bits per heavy atom. The number of nitrogens with one attached hydrogen (secondary N) is 1. The standard InChI is InChI=1S/C16H17N3O2/c1-12-9-14(10-18-19-16(17)20)7-8-15(12)21-11-13-5-3-2-4-6-13/h2-10H,11H2,1H3,(H3,17,19,20). The highest BCUT2D eigenvalue weighted by Gasteiger charge is 2.01. The van der Waals surface area contributed by atoms with Crippen LogP contribution in [-0.4, -0.2) is 12.2 Å². The summed E-state index contributed by atoms with van der Waals surface area (Å²) in [6.45, 7) is 2.48. The van der Waals surface area contributed by atoms with Crippen LogP contribution in [0.1, 0.15) is 16.7 Å². The lowest BCUT2D eigenvalue weighted by molar-refractivity contribution is 0.249. The Balaban J connectivity index is 1.99. The fourth-order valence-electron chi connectivity index (χ4n) is 1.82. The van der Waals surface area contributed by atoms with Crippen molar-refractivity contribution in [3.8, 4) is 5.75 Å². The van der Waals surface area contributed by atoms with Crippen molar-refractivity contribution in [3.63, 3.8) is 0 Å². The van der Waals surface area contributed by atoms with Crippen molar-refractivity contribution < 1.29 is 9.53 Å². The molecule has 2 aromatic rings. The number of hydrazone groups is 1. The zero-order valence-electron chi connectivity index (χ0n) is 11.7. The van der Waals surface area contributed by atoms with Crippen molar-refractivity contribution in [2.75, 3.05) is 0 Å². The lowest BCUT2D eigenvalue weighted by atomic mass is 10.1. The predicted molar refractivity (Wildman–Crippen MR) is 82.3 cm³/mol. The summed E-state index contributed by atoms with van der Waals surface area (Å²) in [4.78, 5) is 10.5. The summed E-state index contributed by atoms with van der Waals surface area (Å²) in [5.41, 5.74) is 10.0. The van der Waals surface area contributed by atoms with Crippen LogP contribution in [0, 0.1) is 6.92 Å². The fourth-order valence-corrected chi connectivity index (χ4v) is 1.82. The van der Waals surface area contributed by atoms with Gasteiger partial charge in [-0.15, -0.1) is 0 Å². The minimum Gasteiger partial charge on any atom is -0.489 e. The molecule has 0 aliphatic carbocycles. The van der Waals surface area contributed by atoms with Gasteiger partial charge in [-0.1, -0.05) is 30.3 Å². The van der Waals surface area contributed by atoms with Crippen molar-refractivity contribution >= 4 is 12.2 Å². The average molecular weight is 283 g/mol. The molecular weight excluding hydrogens is 266 g/mol. The smallest absolute Gasteiger partial charge is 0.332 e. The second-order valence-corrected chi connectivity index (χ2v) is 4.53. The van der Waals surface area contributed by atoms with Crippen molar-refractivity contribution in [2.24, 2.45) is 10.8 Å². The molecule has 5 heteroatoms. The van der Waals surface area contributed by atoms with E-state index >= 15 is 0 Å². The maximum Gasteiger partial charge on any atom is 0.332 e. The van der Waals surface area contributed by atoms with Gasteiger partial charge in [-0.25, -0.2) is 10.2 Å². The highest BCUT2D eigenvalue weighted by molar-refractivity contribution is 5.82. The molecule has 21 heavy (non-hydrogen) atoms. The molecule has 0 heterocycles. The molecule has 0 radical (unpaired) electrons. The van der Waals surface area contributed by atoms with E-state index in [9.17, 15) is 4.79 Å². The Hall–Kier alpha value is -2.82. The van der Waals surface area contributed by atoms with Crippen molar-refractivity contribution in [1.29, 1.82) is 0 Å². The summed E-state index contributed by atoms with van der Waals surface area (Å²) < 4.78 is 5.79. The van der Waals surface area contributed by atoms with Crippen LogP contribution in [0.5, 0.6) is 5.75 Å². The molecule has 3 N–H and O–H groups in total. The zero-order valence-corrected chi connectivity index (χ0v) is 11.7. The van der Waals surface area contributed by atoms with Crippen molar-refractivity contribution in [1.82, 2.24) is 5.43 Å². The Labute approximate surface area is 123 Å². The summed E-state index contributed by atoms with van der Waals surface area (Å²) in [5, 5.41) is 3.72. The summed E-state index contributed by atoms with van der Waals surface area (Å²) in [7, 11) is 0. The molecule has 0 aliphatic heterocycles. The quantitative estimate of drug-likeness (QED) is 0.653. The first-order chi connectivity index (χ1) is 10.1. The first-order valence-corrected chi connectivity index (χ1v) is 6.51. The van der Waals surface area contributed by atoms with Gasteiger partial charge in [-0.2, -0.15) is 5.10 Å². The minimum atomic E-state index is -0.689. The summed E-state index contributed by atoms with van der Waals surface area (Å²) in [6.07, 6.45) is 1.53. The van der Waals surface area contributed by atoms with E-state index in [1.54, 1.807) is 0 Å². The number of primary amides is 1. The molecule has 0 saturated heterocycles. The Bertz CT molecular complexity index is 639. The maximum absolute atomic E-state index is 10.5. The largest absolute Gasteiger partial charge is 0.489 e. The van der Waals surface area contributed by atoms with Crippen molar-refractivity contribution in [2.45, 2.75) is 13.5 Å². The molecule has 2 amide bonds. The van der Waals surface area contributed by atoms with Crippen LogP contribution in [0.2, 0.25) is 0 Å². The number of hydrogen-bond acceptors (Lipinski definition) is 3. The molecule has 0 saturated carbocycles. The number of amides is 2. The van der Waals surface area contributed by atoms with Gasteiger partial charge in [0.05, 0.1) is 6.21 Å². The molecule has 0 aliphatic rings. The predicted octanol–water partition coefficient (Wildman–Crippen LogP) is 2.58. The van der Waals surface area contributed by atoms with Crippen LogP contribution in [0.15, 0.2) is 53.6 Å². The van der Waals surface area contributed by atoms with E-state index in [2.05, 4.69) is 10.5 Å². The van der Waals surface area contributed by atoms with Gasteiger partial charge in [0.25, 0.3) is 0 Å². The number of aryl methyl sites for hydroxylation is 1. The van der Waals surface area contributed by atoms with E-state index in [0.717, 1.165) is 22.4 Å². The monoisotopic (exact) mass is 283 g/mol. The zero-order chi connectivity index (χ0) is 15.1. The van der Waals surface area contributed by atoms with Crippen LogP contribution in [0.3, 0.4) is 0 Å². The van der Waals surface area contributed by atoms with Gasteiger partial charge in [0.2, 0.25) is 0 Å². The van der Waals surface area contributed by atoms with Crippen LogP contribution >= 0.6 is 0 Å². The normalized spacial score (nSPS) is 10.5. The maximum atomic E-state index is 10.5. The minimum absolute atomic E-state index is 0.526. The molecule has 0 aromatic heterocycles. The molecule has 108 valence electrons. The number of carbonyl (C=O) groups is 1. The van der Waals surface area contributed by atoms with Gasteiger partial charge in [-0.05, 0) is 41.8 Å². The number of hydrogen-bond donors (Lipinski definition) is 2. The van der Waals surface area contributed by atoms with Gasteiger partial charge in [-0.3, -0.25) is 0 Å². The third-order valence-corrected chi connectivity index (χ3v) is 2.82. The first kappa shape index (κ1) is 14.6. The van der Waals surface area contributed by atoms with Gasteiger partial charge in [0.15, 0.2) is 0 Å². The van der Waals surface area contributed by atoms with Gasteiger partial charge in [0.1, 0.15) is 12.4 Å². The Morgan fingerprint density at radius 3 is 2.71 bits per heavy atom. The molecule has 5 nitrogen and oxygen atoms in total. The van der Waals surface area contributed by atoms with Crippen LogP contribution in [0.4, 0.5) is 4.79 Å². The highest BCUT2D eigenvalue weighted by atomic mass is 16.5. The number of rotatable bonds is 5. The van der Waals surface area contributed by atoms with Gasteiger partial charge >= 0.3 is 6.03 Å². The van der Waals surface area contributed by atoms with Crippen LogP contribution in [0.25, 0.3) is 0 Å².